The maximum atomic E-state index is 14.8. The van der Waals surface area contributed by atoms with E-state index in [2.05, 4.69) is 5.32 Å². The number of amides is 2. The van der Waals surface area contributed by atoms with E-state index in [1.165, 1.54) is 41.3 Å². The Balaban J connectivity index is 2.10. The van der Waals surface area contributed by atoms with E-state index in [0.29, 0.717) is 6.42 Å². The molecule has 214 valence electrons. The minimum absolute atomic E-state index is 0.0134. The van der Waals surface area contributed by atoms with Gasteiger partial charge in [0, 0.05) is 29.6 Å². The van der Waals surface area contributed by atoms with E-state index >= 15 is 0 Å². The SMILES string of the molecule is CC[C@@H](C)NC(=O)[C@H](Cc1ccccc1)N(Cc1ccccc1F)C(=O)CN(c1cc(Cl)ccc1Cl)S(C)(=O)=O. The first-order valence-corrected chi connectivity index (χ1v) is 15.3. The number of sulfonamides is 1. The number of anilines is 1. The summed E-state index contributed by atoms with van der Waals surface area (Å²) in [6, 6.07) is 18.0. The summed E-state index contributed by atoms with van der Waals surface area (Å²) in [5, 5.41) is 3.21. The van der Waals surface area contributed by atoms with E-state index in [9.17, 15) is 22.4 Å². The van der Waals surface area contributed by atoms with Crippen LogP contribution < -0.4 is 9.62 Å². The predicted molar refractivity (Wildman–Crippen MR) is 157 cm³/mol. The van der Waals surface area contributed by atoms with Crippen molar-refractivity contribution in [1.82, 2.24) is 10.2 Å². The van der Waals surface area contributed by atoms with Gasteiger partial charge in [0.25, 0.3) is 0 Å². The summed E-state index contributed by atoms with van der Waals surface area (Å²) >= 11 is 12.4. The number of halogens is 3. The summed E-state index contributed by atoms with van der Waals surface area (Å²) < 4.78 is 41.4. The van der Waals surface area contributed by atoms with Crippen molar-refractivity contribution in [2.75, 3.05) is 17.1 Å². The molecule has 0 saturated carbocycles. The van der Waals surface area contributed by atoms with Gasteiger partial charge in [0.05, 0.1) is 17.0 Å². The molecule has 0 unspecified atom stereocenters. The van der Waals surface area contributed by atoms with Gasteiger partial charge in [-0.2, -0.15) is 0 Å². The van der Waals surface area contributed by atoms with E-state index < -0.39 is 40.2 Å². The molecule has 40 heavy (non-hydrogen) atoms. The standard InChI is InChI=1S/C29H32Cl2FN3O4S/c1-4-20(2)33-29(37)27(16-21-10-6-5-7-11-21)34(18-22-12-8-9-13-25(22)32)28(36)19-35(40(3,38)39)26-17-23(30)14-15-24(26)31/h5-15,17,20,27H,4,16,18-19H2,1-3H3,(H,33,37)/t20-,27+/m1/s1. The molecule has 0 aliphatic rings. The second-order valence-corrected chi connectivity index (χ2v) is 12.3. The van der Waals surface area contributed by atoms with Crippen molar-refractivity contribution < 1.29 is 22.4 Å². The van der Waals surface area contributed by atoms with Crippen LogP contribution >= 0.6 is 23.2 Å². The lowest BCUT2D eigenvalue weighted by molar-refractivity contribution is -0.140. The van der Waals surface area contributed by atoms with Crippen LogP contribution in [0.4, 0.5) is 10.1 Å². The molecule has 11 heteroatoms. The van der Waals surface area contributed by atoms with Gasteiger partial charge in [-0.15, -0.1) is 0 Å². The highest BCUT2D eigenvalue weighted by Crippen LogP contribution is 2.31. The van der Waals surface area contributed by atoms with Crippen LogP contribution in [0.5, 0.6) is 0 Å². The van der Waals surface area contributed by atoms with Crippen molar-refractivity contribution >= 4 is 50.7 Å². The summed E-state index contributed by atoms with van der Waals surface area (Å²) in [5.41, 5.74) is 0.965. The highest BCUT2D eigenvalue weighted by molar-refractivity contribution is 7.92. The molecule has 3 rings (SSSR count). The molecule has 0 heterocycles. The van der Waals surface area contributed by atoms with Gasteiger partial charge in [-0.3, -0.25) is 13.9 Å². The topological polar surface area (TPSA) is 86.8 Å². The molecule has 3 aromatic carbocycles. The van der Waals surface area contributed by atoms with E-state index in [1.54, 1.807) is 6.07 Å². The van der Waals surface area contributed by atoms with Crippen LogP contribution in [0.25, 0.3) is 0 Å². The number of carbonyl (C=O) groups is 2. The number of nitrogens with one attached hydrogen (secondary N) is 1. The van der Waals surface area contributed by atoms with Crippen LogP contribution in [0.3, 0.4) is 0 Å². The van der Waals surface area contributed by atoms with Crippen molar-refractivity contribution in [2.45, 2.75) is 45.3 Å². The van der Waals surface area contributed by atoms with Crippen LogP contribution in [0.1, 0.15) is 31.4 Å². The van der Waals surface area contributed by atoms with Gasteiger partial charge in [-0.05, 0) is 43.2 Å². The Bertz CT molecular complexity index is 1440. The quantitative estimate of drug-likeness (QED) is 0.296. The van der Waals surface area contributed by atoms with Gasteiger partial charge in [-0.25, -0.2) is 12.8 Å². The Labute approximate surface area is 244 Å². The summed E-state index contributed by atoms with van der Waals surface area (Å²) in [6.45, 7) is 2.80. The molecular weight excluding hydrogens is 576 g/mol. The zero-order valence-electron chi connectivity index (χ0n) is 22.5. The van der Waals surface area contributed by atoms with Crippen molar-refractivity contribution in [2.24, 2.45) is 0 Å². The first-order chi connectivity index (χ1) is 18.9. The molecular formula is C29H32Cl2FN3O4S. The molecule has 0 aliphatic carbocycles. The molecule has 1 N–H and O–H groups in total. The monoisotopic (exact) mass is 607 g/mol. The second-order valence-electron chi connectivity index (χ2n) is 9.50. The molecule has 0 saturated heterocycles. The first-order valence-electron chi connectivity index (χ1n) is 12.7. The van der Waals surface area contributed by atoms with Crippen LogP contribution in [0, 0.1) is 5.82 Å². The lowest BCUT2D eigenvalue weighted by Crippen LogP contribution is -2.54. The third-order valence-electron chi connectivity index (χ3n) is 6.43. The zero-order chi connectivity index (χ0) is 29.4. The van der Waals surface area contributed by atoms with Gasteiger partial charge in [0.2, 0.25) is 21.8 Å². The first kappa shape index (κ1) is 31.4. The average Bonchev–Trinajstić information content (AvgIpc) is 2.91. The molecule has 0 fully saturated rings. The second kappa shape index (κ2) is 14.0. The molecule has 2 atom stereocenters. The Morgan fingerprint density at radius 1 is 1.00 bits per heavy atom. The summed E-state index contributed by atoms with van der Waals surface area (Å²) in [5.74, 6) is -1.71. The number of nitrogens with zero attached hydrogens (tertiary/aromatic N) is 2. The molecule has 0 aromatic heterocycles. The summed E-state index contributed by atoms with van der Waals surface area (Å²) in [4.78, 5) is 28.9. The van der Waals surface area contributed by atoms with Crippen molar-refractivity contribution in [3.8, 4) is 0 Å². The van der Waals surface area contributed by atoms with E-state index in [-0.39, 0.29) is 40.3 Å². The Morgan fingerprint density at radius 2 is 1.65 bits per heavy atom. The number of carbonyl (C=O) groups excluding carboxylic acids is 2. The van der Waals surface area contributed by atoms with E-state index in [1.807, 2.05) is 44.2 Å². The molecule has 0 spiro atoms. The van der Waals surface area contributed by atoms with E-state index in [0.717, 1.165) is 16.1 Å². The minimum atomic E-state index is -4.03. The van der Waals surface area contributed by atoms with Gasteiger partial charge in [0.15, 0.2) is 0 Å². The highest BCUT2D eigenvalue weighted by Gasteiger charge is 2.34. The molecule has 7 nitrogen and oxygen atoms in total. The fourth-order valence-electron chi connectivity index (χ4n) is 4.08. The average molecular weight is 609 g/mol. The van der Waals surface area contributed by atoms with Crippen LogP contribution in [-0.4, -0.2) is 50.0 Å². The molecule has 0 radical (unpaired) electrons. The highest BCUT2D eigenvalue weighted by atomic mass is 35.5. The summed E-state index contributed by atoms with van der Waals surface area (Å²) in [7, 11) is -4.03. The third-order valence-corrected chi connectivity index (χ3v) is 8.11. The number of benzene rings is 3. The van der Waals surface area contributed by atoms with E-state index in [4.69, 9.17) is 23.2 Å². The van der Waals surface area contributed by atoms with Gasteiger partial charge >= 0.3 is 0 Å². The maximum Gasteiger partial charge on any atom is 0.244 e. The molecule has 0 aliphatic heterocycles. The maximum absolute atomic E-state index is 14.8. The number of hydrogen-bond donors (Lipinski definition) is 1. The number of hydrogen-bond acceptors (Lipinski definition) is 4. The molecule has 2 amide bonds. The smallest absolute Gasteiger partial charge is 0.244 e. The fourth-order valence-corrected chi connectivity index (χ4v) is 5.37. The predicted octanol–water partition coefficient (Wildman–Crippen LogP) is 5.45. The van der Waals surface area contributed by atoms with Gasteiger partial charge in [0.1, 0.15) is 18.4 Å². The fraction of sp³-hybridized carbons (Fsp3) is 0.310. The van der Waals surface area contributed by atoms with Crippen molar-refractivity contribution in [3.63, 3.8) is 0 Å². The van der Waals surface area contributed by atoms with Crippen molar-refractivity contribution in [1.29, 1.82) is 0 Å². The molecule has 3 aromatic rings. The lowest BCUT2D eigenvalue weighted by Gasteiger charge is -2.34. The Kier molecular flexibility index (Phi) is 11.0. The third kappa shape index (κ3) is 8.43. The van der Waals surface area contributed by atoms with Crippen molar-refractivity contribution in [3.05, 3.63) is 99.8 Å². The minimum Gasteiger partial charge on any atom is -0.352 e. The normalized spacial score (nSPS) is 12.8. The van der Waals surface area contributed by atoms with Crippen LogP contribution in [0.2, 0.25) is 10.0 Å². The van der Waals surface area contributed by atoms with Crippen LogP contribution in [0.15, 0.2) is 72.8 Å². The van der Waals surface area contributed by atoms with Gasteiger partial charge < -0.3 is 10.2 Å². The molecule has 0 bridgehead atoms. The number of rotatable bonds is 12. The van der Waals surface area contributed by atoms with Gasteiger partial charge in [-0.1, -0.05) is 78.7 Å². The Hall–Kier alpha value is -3.14. The lowest BCUT2D eigenvalue weighted by atomic mass is 10.0. The summed E-state index contributed by atoms with van der Waals surface area (Å²) in [6.07, 6.45) is 1.72. The largest absolute Gasteiger partial charge is 0.352 e. The van der Waals surface area contributed by atoms with Crippen LogP contribution in [-0.2, 0) is 32.6 Å². The Morgan fingerprint density at radius 3 is 2.27 bits per heavy atom. The zero-order valence-corrected chi connectivity index (χ0v) is 24.8.